The van der Waals surface area contributed by atoms with Crippen LogP contribution in [-0.2, 0) is 22.3 Å². The second-order valence-electron chi connectivity index (χ2n) is 10.8. The Labute approximate surface area is 274 Å². The summed E-state index contributed by atoms with van der Waals surface area (Å²) >= 11 is 0. The smallest absolute Gasteiger partial charge is 0.316 e. The number of amides is 4. The van der Waals surface area contributed by atoms with Crippen molar-refractivity contribution in [2.75, 3.05) is 26.3 Å². The minimum atomic E-state index is -0.610. The van der Waals surface area contributed by atoms with Gasteiger partial charge >= 0.3 is 12.1 Å². The Morgan fingerprint density at radius 3 is 1.50 bits per heavy atom. The van der Waals surface area contributed by atoms with Gasteiger partial charge in [0.15, 0.2) is 12.3 Å². The van der Waals surface area contributed by atoms with Crippen LogP contribution in [0.3, 0.4) is 0 Å². The van der Waals surface area contributed by atoms with Gasteiger partial charge in [-0.3, -0.25) is 20.2 Å². The Morgan fingerprint density at radius 2 is 1.10 bits per heavy atom. The molecular formula is C31H33N9O8. The van der Waals surface area contributed by atoms with Gasteiger partial charge in [-0.1, -0.05) is 30.3 Å². The summed E-state index contributed by atoms with van der Waals surface area (Å²) in [6.45, 7) is 1.06. The van der Waals surface area contributed by atoms with Crippen LogP contribution in [0.1, 0.15) is 35.4 Å². The molecule has 3 aromatic rings. The van der Waals surface area contributed by atoms with Crippen LogP contribution in [0.4, 0.5) is 21.0 Å². The first kappa shape index (κ1) is 33.2. The number of nitro groups is 2. The molecule has 17 heteroatoms. The number of aromatic nitrogens is 1. The molecule has 0 spiro atoms. The normalized spacial score (nSPS) is 16.5. The Hall–Kier alpha value is -6.13. The van der Waals surface area contributed by atoms with Gasteiger partial charge in [-0.25, -0.2) is 24.6 Å². The van der Waals surface area contributed by atoms with Crippen LogP contribution in [0.25, 0.3) is 0 Å². The predicted octanol–water partition coefficient (Wildman–Crippen LogP) is 2.97. The second-order valence-corrected chi connectivity index (χ2v) is 10.8. The fourth-order valence-corrected chi connectivity index (χ4v) is 4.81. The Morgan fingerprint density at radius 1 is 0.688 bits per heavy atom. The average molecular weight is 660 g/mol. The molecule has 2 aliphatic rings. The zero-order valence-electron chi connectivity index (χ0n) is 25.7. The van der Waals surface area contributed by atoms with Gasteiger partial charge < -0.3 is 30.7 Å². The van der Waals surface area contributed by atoms with Crippen LogP contribution in [0.2, 0.25) is 0 Å². The van der Waals surface area contributed by atoms with Gasteiger partial charge in [0.05, 0.1) is 9.85 Å². The van der Waals surface area contributed by atoms with Crippen LogP contribution in [0.15, 0.2) is 76.7 Å². The Kier molecular flexibility index (Phi) is 11.0. The zero-order chi connectivity index (χ0) is 33.9. The number of nitro benzene ring substituents is 2. The quantitative estimate of drug-likeness (QED) is 0.113. The summed E-state index contributed by atoms with van der Waals surface area (Å²) in [5.41, 5.74) is 2.80. The number of pyridine rings is 1. The van der Waals surface area contributed by atoms with Crippen molar-refractivity contribution in [2.24, 2.45) is 9.98 Å². The Balaban J connectivity index is 1.02. The molecule has 48 heavy (non-hydrogen) atoms. The number of hydrogen-bond acceptors (Lipinski definition) is 11. The predicted molar refractivity (Wildman–Crippen MR) is 173 cm³/mol. The third-order valence-electron chi connectivity index (χ3n) is 7.23. The number of non-ortho nitro benzene ring substituents is 2. The fraction of sp³-hybridized carbons (Fsp3) is 0.323. The number of aliphatic imine (C=N–C) groups is 2. The molecule has 2 atom stereocenters. The first-order valence-electron chi connectivity index (χ1n) is 15.2. The molecule has 0 saturated heterocycles. The van der Waals surface area contributed by atoms with Crippen molar-refractivity contribution < 1.29 is 28.9 Å². The van der Waals surface area contributed by atoms with E-state index in [-0.39, 0.29) is 36.4 Å². The first-order valence-corrected chi connectivity index (χ1v) is 15.2. The fourth-order valence-electron chi connectivity index (χ4n) is 4.81. The van der Waals surface area contributed by atoms with Crippen LogP contribution >= 0.6 is 0 Å². The lowest BCUT2D eigenvalue weighted by Gasteiger charge is -2.10. The molecule has 17 nitrogen and oxygen atoms in total. The van der Waals surface area contributed by atoms with Crippen molar-refractivity contribution in [1.29, 1.82) is 0 Å². The molecule has 2 unspecified atom stereocenters. The van der Waals surface area contributed by atoms with Crippen molar-refractivity contribution in [3.05, 3.63) is 109 Å². The first-order chi connectivity index (χ1) is 23.2. The highest BCUT2D eigenvalue weighted by molar-refractivity contribution is 5.97. The molecule has 3 heterocycles. The van der Waals surface area contributed by atoms with E-state index in [9.17, 15) is 29.8 Å². The third-order valence-corrected chi connectivity index (χ3v) is 7.23. The number of benzene rings is 2. The molecule has 4 amide bonds. The molecule has 0 radical (unpaired) electrons. The maximum Gasteiger partial charge on any atom is 0.316 e. The molecular weight excluding hydrogens is 626 g/mol. The number of carbonyl (C=O) groups excluding carboxylic acids is 2. The van der Waals surface area contributed by atoms with Gasteiger partial charge in [-0.2, -0.15) is 0 Å². The Bertz CT molecular complexity index is 1580. The third kappa shape index (κ3) is 9.44. The number of rotatable bonds is 14. The van der Waals surface area contributed by atoms with Gasteiger partial charge in [0.2, 0.25) is 11.8 Å². The van der Waals surface area contributed by atoms with Crippen LogP contribution < -0.4 is 21.3 Å². The maximum absolute atomic E-state index is 12.3. The highest BCUT2D eigenvalue weighted by Gasteiger charge is 2.26. The van der Waals surface area contributed by atoms with Gasteiger partial charge in [-0.15, -0.1) is 0 Å². The summed E-state index contributed by atoms with van der Waals surface area (Å²) in [6.07, 6.45) is 1.39. The average Bonchev–Trinajstić information content (AvgIpc) is 3.75. The van der Waals surface area contributed by atoms with E-state index in [0.29, 0.717) is 50.2 Å². The van der Waals surface area contributed by atoms with E-state index in [4.69, 9.17) is 9.47 Å². The van der Waals surface area contributed by atoms with E-state index in [1.54, 1.807) is 42.5 Å². The van der Waals surface area contributed by atoms with Crippen molar-refractivity contribution in [2.45, 2.75) is 38.0 Å². The molecule has 1 aromatic heterocycles. The topological polar surface area (TPSA) is 225 Å². The molecule has 4 N–H and O–H groups in total. The van der Waals surface area contributed by atoms with E-state index < -0.39 is 34.2 Å². The standard InChI is InChI=1S/C31H33N9O8/c41-30(32-16-2-4-20-8-12-22(13-9-20)39(43)44)37-26-18-47-28(35-26)24-6-1-7-25(34-24)29-36-27(19-48-29)38-31(42)33-17-3-5-21-10-14-23(15-11-21)40(45)46/h1,6-15,26-27H,2-5,16-19H2,(H2,32,37,41)(H2,33,38,42). The highest BCUT2D eigenvalue weighted by Crippen LogP contribution is 2.15. The molecule has 0 fully saturated rings. The number of urea groups is 2. The van der Waals surface area contributed by atoms with Crippen molar-refractivity contribution in [3.8, 4) is 0 Å². The number of hydrogen-bond donors (Lipinski definition) is 4. The monoisotopic (exact) mass is 659 g/mol. The number of nitrogens with zero attached hydrogens (tertiary/aromatic N) is 5. The van der Waals surface area contributed by atoms with Gasteiger partial charge in [0.25, 0.3) is 11.4 Å². The summed E-state index contributed by atoms with van der Waals surface area (Å²) in [4.78, 5) is 58.7. The number of ether oxygens (including phenoxy) is 2. The molecule has 0 aliphatic carbocycles. The van der Waals surface area contributed by atoms with Gasteiger partial charge in [0.1, 0.15) is 24.6 Å². The van der Waals surface area contributed by atoms with E-state index in [1.165, 1.54) is 24.3 Å². The molecule has 2 aromatic carbocycles. The zero-order valence-corrected chi connectivity index (χ0v) is 25.7. The summed E-state index contributed by atoms with van der Waals surface area (Å²) in [5.74, 6) is 0.503. The highest BCUT2D eigenvalue weighted by atomic mass is 16.6. The van der Waals surface area contributed by atoms with E-state index in [1.807, 2.05) is 0 Å². The van der Waals surface area contributed by atoms with Crippen molar-refractivity contribution in [3.63, 3.8) is 0 Å². The van der Waals surface area contributed by atoms with Crippen LogP contribution in [0.5, 0.6) is 0 Å². The molecule has 250 valence electrons. The van der Waals surface area contributed by atoms with E-state index in [0.717, 1.165) is 11.1 Å². The minimum Gasteiger partial charge on any atom is -0.472 e. The summed E-state index contributed by atoms with van der Waals surface area (Å²) in [7, 11) is 0. The van der Waals surface area contributed by atoms with E-state index in [2.05, 4.69) is 36.2 Å². The van der Waals surface area contributed by atoms with Crippen LogP contribution in [-0.4, -0.2) is 77.3 Å². The largest absolute Gasteiger partial charge is 0.472 e. The van der Waals surface area contributed by atoms with E-state index >= 15 is 0 Å². The number of nitrogens with one attached hydrogen (secondary N) is 4. The molecule has 0 saturated carbocycles. The van der Waals surface area contributed by atoms with Gasteiger partial charge in [0, 0.05) is 37.4 Å². The lowest BCUT2D eigenvalue weighted by Crippen LogP contribution is -2.42. The molecule has 0 bridgehead atoms. The summed E-state index contributed by atoms with van der Waals surface area (Å²) in [5, 5.41) is 32.6. The second kappa shape index (κ2) is 15.9. The SMILES string of the molecule is O=C(NCCCc1ccc([N+](=O)[O-])cc1)NC1COC(c2cccc(C3=NC(NC(=O)NCCCc4ccc([N+](=O)[O-])cc4)CO3)n2)=N1. The summed E-state index contributed by atoms with van der Waals surface area (Å²) in [6, 6.07) is 17.0. The minimum absolute atomic E-state index is 0.0358. The lowest BCUT2D eigenvalue weighted by atomic mass is 10.1. The maximum atomic E-state index is 12.3. The summed E-state index contributed by atoms with van der Waals surface area (Å²) < 4.78 is 11.3. The van der Waals surface area contributed by atoms with Gasteiger partial charge in [-0.05, 0) is 48.9 Å². The molecule has 2 aliphatic heterocycles. The lowest BCUT2D eigenvalue weighted by molar-refractivity contribution is -0.385. The number of aryl methyl sites for hydroxylation is 2. The van der Waals surface area contributed by atoms with Crippen molar-refractivity contribution >= 4 is 35.2 Å². The molecule has 5 rings (SSSR count). The number of carbonyl (C=O) groups is 2. The van der Waals surface area contributed by atoms with Crippen molar-refractivity contribution in [1.82, 2.24) is 26.3 Å². The van der Waals surface area contributed by atoms with Crippen LogP contribution in [0, 0.1) is 20.2 Å².